The molecule has 0 unspecified atom stereocenters. The van der Waals surface area contributed by atoms with E-state index < -0.39 is 16.8 Å². The summed E-state index contributed by atoms with van der Waals surface area (Å²) in [7, 11) is 0. The molecule has 0 aromatic heterocycles. The molecule has 75 valence electrons. The van der Waals surface area contributed by atoms with Crippen LogP contribution in [0, 0.1) is 0 Å². The molecule has 1 rings (SSSR count). The van der Waals surface area contributed by atoms with Gasteiger partial charge in [0.25, 0.3) is 0 Å². The third kappa shape index (κ3) is 2.38. The van der Waals surface area contributed by atoms with Crippen molar-refractivity contribution in [2.75, 3.05) is 5.32 Å². The van der Waals surface area contributed by atoms with Crippen LogP contribution in [0.1, 0.15) is 5.56 Å². The van der Waals surface area contributed by atoms with Crippen molar-refractivity contribution in [2.45, 2.75) is 6.18 Å². The first kappa shape index (κ1) is 10.8. The number of amides is 1. The topological polar surface area (TPSA) is 29.1 Å². The van der Waals surface area contributed by atoms with Crippen molar-refractivity contribution in [3.63, 3.8) is 0 Å². The Hall–Kier alpha value is -1.23. The van der Waals surface area contributed by atoms with E-state index in [2.05, 4.69) is 0 Å². The first-order valence-electron chi connectivity index (χ1n) is 3.45. The van der Waals surface area contributed by atoms with Gasteiger partial charge in [-0.1, -0.05) is 11.6 Å². The molecule has 1 aromatic rings. The van der Waals surface area contributed by atoms with Crippen molar-refractivity contribution in [1.29, 1.82) is 0 Å². The van der Waals surface area contributed by atoms with Crippen LogP contribution in [-0.2, 0) is 11.0 Å². The number of alkyl halides is 3. The van der Waals surface area contributed by atoms with E-state index >= 15 is 0 Å². The lowest BCUT2D eigenvalue weighted by atomic mass is 10.2. The third-order valence-corrected chi connectivity index (χ3v) is 1.80. The van der Waals surface area contributed by atoms with Gasteiger partial charge < -0.3 is 5.32 Å². The average Bonchev–Trinajstić information content (AvgIpc) is 2.07. The highest BCUT2D eigenvalue weighted by Crippen LogP contribution is 2.35. The molecule has 2 nitrogen and oxygen atoms in total. The fourth-order valence-electron chi connectivity index (χ4n) is 0.879. The molecule has 0 saturated heterocycles. The molecule has 0 spiro atoms. The summed E-state index contributed by atoms with van der Waals surface area (Å²) in [6.07, 6.45) is -3.26. The van der Waals surface area contributed by atoms with E-state index in [4.69, 9.17) is 11.6 Å². The van der Waals surface area contributed by atoms with Crippen LogP contribution in [0.4, 0.5) is 18.9 Å². The Morgan fingerprint density at radius 2 is 2.00 bits per heavy atom. The standard InChI is InChI=1S/C8H4ClF3NO/c9-7-2-1-5(13-4-14)3-6(7)8(10,11)12/h1-3H,(H,13,14). The van der Waals surface area contributed by atoms with Gasteiger partial charge in [0, 0.05) is 5.69 Å². The summed E-state index contributed by atoms with van der Waals surface area (Å²) in [5.41, 5.74) is -0.990. The smallest absolute Gasteiger partial charge is 0.318 e. The number of nitrogens with one attached hydrogen (secondary N) is 1. The van der Waals surface area contributed by atoms with Crippen LogP contribution in [0.3, 0.4) is 0 Å². The minimum Gasteiger partial charge on any atom is -0.318 e. The zero-order chi connectivity index (χ0) is 10.8. The normalized spacial score (nSPS) is 11.1. The van der Waals surface area contributed by atoms with Gasteiger partial charge in [0.15, 0.2) is 0 Å². The molecule has 0 aliphatic rings. The predicted molar refractivity (Wildman–Crippen MR) is 45.8 cm³/mol. The SMILES string of the molecule is O=[C]Nc1ccc(Cl)c(C(F)(F)F)c1. The van der Waals surface area contributed by atoms with E-state index in [-0.39, 0.29) is 5.69 Å². The van der Waals surface area contributed by atoms with Gasteiger partial charge in [-0.15, -0.1) is 0 Å². The Balaban J connectivity index is 3.15. The predicted octanol–water partition coefficient (Wildman–Crippen LogP) is 2.84. The number of carbonyl (C=O) groups excluding carboxylic acids is 1. The molecule has 0 bridgehead atoms. The Morgan fingerprint density at radius 3 is 2.50 bits per heavy atom. The summed E-state index contributed by atoms with van der Waals surface area (Å²) >= 11 is 5.33. The molecular formula is C8H4ClF3NO. The lowest BCUT2D eigenvalue weighted by Gasteiger charge is -2.09. The summed E-state index contributed by atoms with van der Waals surface area (Å²) in [5.74, 6) is 0. The molecule has 1 amide bonds. The summed E-state index contributed by atoms with van der Waals surface area (Å²) in [5, 5.41) is 1.57. The second-order valence-corrected chi connectivity index (χ2v) is 2.83. The number of rotatable bonds is 2. The molecule has 6 heteroatoms. The number of hydrogen-bond acceptors (Lipinski definition) is 1. The molecule has 0 atom stereocenters. The van der Waals surface area contributed by atoms with Crippen LogP contribution < -0.4 is 5.32 Å². The van der Waals surface area contributed by atoms with Crippen molar-refractivity contribution in [3.8, 4) is 0 Å². The maximum absolute atomic E-state index is 12.3. The van der Waals surface area contributed by atoms with Crippen LogP contribution in [0.25, 0.3) is 0 Å². The van der Waals surface area contributed by atoms with Gasteiger partial charge in [-0.3, -0.25) is 4.79 Å². The molecular weight excluding hydrogens is 219 g/mol. The highest BCUT2D eigenvalue weighted by atomic mass is 35.5. The molecule has 0 heterocycles. The molecule has 14 heavy (non-hydrogen) atoms. The van der Waals surface area contributed by atoms with Gasteiger partial charge in [0.2, 0.25) is 0 Å². The van der Waals surface area contributed by atoms with Gasteiger partial charge in [-0.05, 0) is 18.2 Å². The van der Waals surface area contributed by atoms with Gasteiger partial charge in [-0.2, -0.15) is 13.2 Å². The highest BCUT2D eigenvalue weighted by molar-refractivity contribution is 6.31. The molecule has 0 fully saturated rings. The van der Waals surface area contributed by atoms with Crippen molar-refractivity contribution in [2.24, 2.45) is 0 Å². The molecule has 0 aliphatic carbocycles. The van der Waals surface area contributed by atoms with Crippen LogP contribution in [-0.4, -0.2) is 6.41 Å². The Labute approximate surface area is 82.7 Å². The van der Waals surface area contributed by atoms with E-state index in [1.54, 1.807) is 0 Å². The minimum atomic E-state index is -4.53. The van der Waals surface area contributed by atoms with Gasteiger partial charge in [-0.25, -0.2) is 0 Å². The summed E-state index contributed by atoms with van der Waals surface area (Å²) in [4.78, 5) is 9.87. The monoisotopic (exact) mass is 222 g/mol. The molecule has 1 aromatic carbocycles. The fourth-order valence-corrected chi connectivity index (χ4v) is 1.10. The van der Waals surface area contributed by atoms with Gasteiger partial charge in [0.1, 0.15) is 0 Å². The maximum atomic E-state index is 12.3. The third-order valence-electron chi connectivity index (χ3n) is 1.47. The number of halogens is 4. The summed E-state index contributed by atoms with van der Waals surface area (Å²) in [6.45, 7) is 0. The number of benzene rings is 1. The Bertz CT molecular complexity index is 351. The van der Waals surface area contributed by atoms with Gasteiger partial charge in [0.05, 0.1) is 10.6 Å². The van der Waals surface area contributed by atoms with E-state index in [1.165, 1.54) is 12.5 Å². The van der Waals surface area contributed by atoms with E-state index in [9.17, 15) is 18.0 Å². The van der Waals surface area contributed by atoms with Crippen LogP contribution in [0.5, 0.6) is 0 Å². The minimum absolute atomic E-state index is 0.00303. The molecule has 0 aliphatic heterocycles. The highest BCUT2D eigenvalue weighted by Gasteiger charge is 2.33. The Kier molecular flexibility index (Phi) is 3.00. The van der Waals surface area contributed by atoms with Crippen molar-refractivity contribution >= 4 is 23.7 Å². The van der Waals surface area contributed by atoms with Gasteiger partial charge >= 0.3 is 12.6 Å². The first-order chi connectivity index (χ1) is 6.45. The number of anilines is 1. The largest absolute Gasteiger partial charge is 0.417 e. The molecule has 0 saturated carbocycles. The van der Waals surface area contributed by atoms with Crippen molar-refractivity contribution in [3.05, 3.63) is 28.8 Å². The lowest BCUT2D eigenvalue weighted by Crippen LogP contribution is -2.06. The van der Waals surface area contributed by atoms with Crippen LogP contribution in [0.2, 0.25) is 5.02 Å². The van der Waals surface area contributed by atoms with Crippen LogP contribution >= 0.6 is 11.6 Å². The van der Waals surface area contributed by atoms with Crippen LogP contribution in [0.15, 0.2) is 18.2 Å². The van der Waals surface area contributed by atoms with Crippen molar-refractivity contribution < 1.29 is 18.0 Å². The fraction of sp³-hybridized carbons (Fsp3) is 0.125. The zero-order valence-corrected chi connectivity index (χ0v) is 7.41. The average molecular weight is 223 g/mol. The number of hydrogen-bond donors (Lipinski definition) is 1. The quantitative estimate of drug-likeness (QED) is 0.766. The van der Waals surface area contributed by atoms with E-state index in [0.717, 1.165) is 12.1 Å². The van der Waals surface area contributed by atoms with E-state index in [0.29, 0.717) is 0 Å². The zero-order valence-electron chi connectivity index (χ0n) is 6.65. The summed E-state index contributed by atoms with van der Waals surface area (Å²) in [6, 6.07) is 3.06. The van der Waals surface area contributed by atoms with E-state index in [1.807, 2.05) is 5.32 Å². The molecule has 1 radical (unpaired) electrons. The maximum Gasteiger partial charge on any atom is 0.417 e. The van der Waals surface area contributed by atoms with Crippen molar-refractivity contribution in [1.82, 2.24) is 0 Å². The Morgan fingerprint density at radius 1 is 1.36 bits per heavy atom. The second kappa shape index (κ2) is 3.88. The first-order valence-corrected chi connectivity index (χ1v) is 3.83. The second-order valence-electron chi connectivity index (χ2n) is 2.42. The molecule has 1 N–H and O–H groups in total. The lowest BCUT2D eigenvalue weighted by molar-refractivity contribution is -0.137. The summed E-state index contributed by atoms with van der Waals surface area (Å²) < 4.78 is 36.8.